The third-order valence-electron chi connectivity index (χ3n) is 3.96. The Bertz CT molecular complexity index is 888. The van der Waals surface area contributed by atoms with Crippen molar-refractivity contribution in [3.8, 4) is 11.4 Å². The van der Waals surface area contributed by atoms with E-state index in [-0.39, 0.29) is 11.7 Å². The third kappa shape index (κ3) is 3.52. The van der Waals surface area contributed by atoms with E-state index in [1.807, 2.05) is 24.3 Å². The normalized spacial score (nSPS) is 10.5. The predicted octanol–water partition coefficient (Wildman–Crippen LogP) is 3.26. The maximum Gasteiger partial charge on any atom is 0.255 e. The molecule has 0 aliphatic rings. The molecule has 6 heteroatoms. The number of rotatable bonds is 5. The molecule has 25 heavy (non-hydrogen) atoms. The quantitative estimate of drug-likeness (QED) is 0.776. The number of aromatic nitrogens is 2. The Morgan fingerprint density at radius 1 is 1.20 bits per heavy atom. The van der Waals surface area contributed by atoms with E-state index in [0.717, 1.165) is 11.3 Å². The first kappa shape index (κ1) is 16.7. The lowest BCUT2D eigenvalue weighted by molar-refractivity contribution is 0.0950. The minimum Gasteiger partial charge on any atom is -0.496 e. The summed E-state index contributed by atoms with van der Waals surface area (Å²) in [5.74, 6) is 0.182. The number of carbonyl (C=O) groups excluding carboxylic acids is 1. The molecule has 0 spiro atoms. The number of halogens is 1. The Balaban J connectivity index is 1.76. The summed E-state index contributed by atoms with van der Waals surface area (Å²) >= 11 is 0. The molecule has 1 aromatic heterocycles. The average molecular weight is 339 g/mol. The first-order valence-corrected chi connectivity index (χ1v) is 7.81. The largest absolute Gasteiger partial charge is 0.496 e. The van der Waals surface area contributed by atoms with Crippen LogP contribution < -0.4 is 10.1 Å². The number of nitrogens with one attached hydrogen (secondary N) is 1. The zero-order valence-corrected chi connectivity index (χ0v) is 14.0. The molecule has 0 radical (unpaired) electrons. The van der Waals surface area contributed by atoms with E-state index in [0.29, 0.717) is 23.5 Å². The molecule has 0 atom stereocenters. The van der Waals surface area contributed by atoms with Gasteiger partial charge in [-0.3, -0.25) is 4.79 Å². The second kappa shape index (κ2) is 7.17. The Morgan fingerprint density at radius 3 is 2.64 bits per heavy atom. The number of hydrogen-bond acceptors (Lipinski definition) is 3. The predicted molar refractivity (Wildman–Crippen MR) is 92.4 cm³/mol. The summed E-state index contributed by atoms with van der Waals surface area (Å²) in [5.41, 5.74) is 2.74. The molecule has 2 aromatic carbocycles. The van der Waals surface area contributed by atoms with Crippen LogP contribution in [0.5, 0.6) is 5.75 Å². The van der Waals surface area contributed by atoms with E-state index < -0.39 is 0 Å². The molecule has 1 amide bonds. The summed E-state index contributed by atoms with van der Waals surface area (Å²) < 4.78 is 19.9. The van der Waals surface area contributed by atoms with Gasteiger partial charge in [-0.25, -0.2) is 9.07 Å². The number of hydrogen-bond donors (Lipinski definition) is 1. The standard InChI is InChI=1S/C19H18FN3O2/c1-13-17(12-22-23(13)16-9-7-15(20)8-10-16)19(24)21-11-14-5-3-4-6-18(14)25-2/h3-10,12H,11H2,1-2H3,(H,21,24). The summed E-state index contributed by atoms with van der Waals surface area (Å²) in [6.45, 7) is 2.15. The Labute approximate surface area is 145 Å². The van der Waals surface area contributed by atoms with E-state index in [2.05, 4.69) is 10.4 Å². The van der Waals surface area contributed by atoms with E-state index in [1.54, 1.807) is 30.8 Å². The molecule has 0 unspecified atom stereocenters. The minimum atomic E-state index is -0.316. The van der Waals surface area contributed by atoms with Gasteiger partial charge in [0.05, 0.1) is 30.3 Å². The van der Waals surface area contributed by atoms with Gasteiger partial charge in [-0.15, -0.1) is 0 Å². The van der Waals surface area contributed by atoms with Crippen molar-refractivity contribution in [3.63, 3.8) is 0 Å². The van der Waals surface area contributed by atoms with Gasteiger partial charge in [-0.1, -0.05) is 18.2 Å². The van der Waals surface area contributed by atoms with E-state index >= 15 is 0 Å². The van der Waals surface area contributed by atoms with Gasteiger partial charge in [0.25, 0.3) is 5.91 Å². The highest BCUT2D eigenvalue weighted by Gasteiger charge is 2.15. The van der Waals surface area contributed by atoms with Gasteiger partial charge in [-0.05, 0) is 37.3 Å². The first-order valence-electron chi connectivity index (χ1n) is 7.81. The van der Waals surface area contributed by atoms with Crippen LogP contribution in [0.2, 0.25) is 0 Å². The molecule has 0 bridgehead atoms. The second-order valence-electron chi connectivity index (χ2n) is 5.53. The maximum absolute atomic E-state index is 13.1. The molecule has 0 fully saturated rings. The van der Waals surface area contributed by atoms with Gasteiger partial charge in [-0.2, -0.15) is 5.10 Å². The van der Waals surface area contributed by atoms with Crippen LogP contribution in [-0.4, -0.2) is 22.8 Å². The van der Waals surface area contributed by atoms with Crippen LogP contribution in [0.4, 0.5) is 4.39 Å². The smallest absolute Gasteiger partial charge is 0.255 e. The van der Waals surface area contributed by atoms with E-state index in [9.17, 15) is 9.18 Å². The number of amides is 1. The Morgan fingerprint density at radius 2 is 1.92 bits per heavy atom. The fourth-order valence-electron chi connectivity index (χ4n) is 2.59. The fraction of sp³-hybridized carbons (Fsp3) is 0.158. The highest BCUT2D eigenvalue weighted by atomic mass is 19.1. The lowest BCUT2D eigenvalue weighted by atomic mass is 10.2. The summed E-state index contributed by atoms with van der Waals surface area (Å²) in [4.78, 5) is 12.5. The third-order valence-corrected chi connectivity index (χ3v) is 3.96. The number of nitrogens with zero attached hydrogens (tertiary/aromatic N) is 2. The number of benzene rings is 2. The van der Waals surface area contributed by atoms with E-state index in [1.165, 1.54) is 18.3 Å². The fourth-order valence-corrected chi connectivity index (χ4v) is 2.59. The van der Waals surface area contributed by atoms with Crippen LogP contribution in [0.3, 0.4) is 0 Å². The molecule has 0 saturated heterocycles. The first-order chi connectivity index (χ1) is 12.1. The molecule has 1 heterocycles. The van der Waals surface area contributed by atoms with Crippen LogP contribution in [0.25, 0.3) is 5.69 Å². The average Bonchev–Trinajstić information content (AvgIpc) is 3.02. The molecule has 3 aromatic rings. The van der Waals surface area contributed by atoms with Crippen molar-refractivity contribution in [2.45, 2.75) is 13.5 Å². The molecule has 0 saturated carbocycles. The maximum atomic E-state index is 13.1. The zero-order chi connectivity index (χ0) is 17.8. The zero-order valence-electron chi connectivity index (χ0n) is 14.0. The highest BCUT2D eigenvalue weighted by Crippen LogP contribution is 2.18. The summed E-state index contributed by atoms with van der Waals surface area (Å²) in [6, 6.07) is 13.5. The van der Waals surface area contributed by atoms with Crippen molar-refractivity contribution in [2.75, 3.05) is 7.11 Å². The van der Waals surface area contributed by atoms with Crippen LogP contribution in [-0.2, 0) is 6.54 Å². The van der Waals surface area contributed by atoms with Crippen molar-refractivity contribution in [3.05, 3.63) is 77.4 Å². The Hall–Kier alpha value is -3.15. The van der Waals surface area contributed by atoms with Crippen molar-refractivity contribution >= 4 is 5.91 Å². The van der Waals surface area contributed by atoms with Gasteiger partial charge in [0, 0.05) is 12.1 Å². The molecule has 5 nitrogen and oxygen atoms in total. The molecule has 128 valence electrons. The van der Waals surface area contributed by atoms with Gasteiger partial charge >= 0.3 is 0 Å². The highest BCUT2D eigenvalue weighted by molar-refractivity contribution is 5.95. The number of carbonyl (C=O) groups is 1. The summed E-state index contributed by atoms with van der Waals surface area (Å²) in [5, 5.41) is 7.11. The summed E-state index contributed by atoms with van der Waals surface area (Å²) in [6.07, 6.45) is 1.51. The van der Waals surface area contributed by atoms with Crippen LogP contribution in [0.15, 0.2) is 54.7 Å². The topological polar surface area (TPSA) is 56.1 Å². The summed E-state index contributed by atoms with van der Waals surface area (Å²) in [7, 11) is 1.59. The molecular formula is C19H18FN3O2. The van der Waals surface area contributed by atoms with Gasteiger partial charge < -0.3 is 10.1 Å². The number of ether oxygens (including phenoxy) is 1. The van der Waals surface area contributed by atoms with Crippen molar-refractivity contribution in [2.24, 2.45) is 0 Å². The van der Waals surface area contributed by atoms with Crippen molar-refractivity contribution in [1.82, 2.24) is 15.1 Å². The molecule has 0 aliphatic carbocycles. The van der Waals surface area contributed by atoms with Gasteiger partial charge in [0.15, 0.2) is 0 Å². The van der Waals surface area contributed by atoms with Crippen LogP contribution >= 0.6 is 0 Å². The number of methoxy groups -OCH3 is 1. The van der Waals surface area contributed by atoms with E-state index in [4.69, 9.17) is 4.74 Å². The molecular weight excluding hydrogens is 321 g/mol. The minimum absolute atomic E-state index is 0.225. The SMILES string of the molecule is COc1ccccc1CNC(=O)c1cnn(-c2ccc(F)cc2)c1C. The number of para-hydroxylation sites is 1. The van der Waals surface area contributed by atoms with Crippen molar-refractivity contribution in [1.29, 1.82) is 0 Å². The van der Waals surface area contributed by atoms with Crippen LogP contribution in [0, 0.1) is 12.7 Å². The lowest BCUT2D eigenvalue weighted by Gasteiger charge is -2.09. The van der Waals surface area contributed by atoms with Gasteiger partial charge in [0.1, 0.15) is 11.6 Å². The second-order valence-corrected chi connectivity index (χ2v) is 5.53. The van der Waals surface area contributed by atoms with Gasteiger partial charge in [0.2, 0.25) is 0 Å². The Kier molecular flexibility index (Phi) is 4.79. The van der Waals surface area contributed by atoms with Crippen LogP contribution in [0.1, 0.15) is 21.6 Å². The van der Waals surface area contributed by atoms with Crippen molar-refractivity contribution < 1.29 is 13.9 Å². The molecule has 1 N–H and O–H groups in total. The lowest BCUT2D eigenvalue weighted by Crippen LogP contribution is -2.23. The molecule has 3 rings (SSSR count). The molecule has 0 aliphatic heterocycles. The monoisotopic (exact) mass is 339 g/mol.